The number of sulfonamides is 1. The van der Waals surface area contributed by atoms with E-state index >= 15 is 0 Å². The number of carbonyl (C=O) groups is 1. The van der Waals surface area contributed by atoms with Crippen molar-refractivity contribution in [2.24, 2.45) is 0 Å². The van der Waals surface area contributed by atoms with Gasteiger partial charge in [-0.2, -0.15) is 0 Å². The molecule has 8 heteroatoms. The highest BCUT2D eigenvalue weighted by molar-refractivity contribution is 7.94. The van der Waals surface area contributed by atoms with E-state index in [0.717, 1.165) is 29.0 Å². The molecule has 3 aromatic rings. The summed E-state index contributed by atoms with van der Waals surface area (Å²) in [5.41, 5.74) is 2.36. The van der Waals surface area contributed by atoms with Crippen LogP contribution in [0.1, 0.15) is 5.56 Å². The van der Waals surface area contributed by atoms with Crippen LogP contribution >= 0.6 is 11.3 Å². The predicted molar refractivity (Wildman–Crippen MR) is 114 cm³/mol. The number of methoxy groups -OCH3 is 1. The fourth-order valence-electron chi connectivity index (χ4n) is 3.39. The molecule has 0 spiro atoms. The van der Waals surface area contributed by atoms with E-state index < -0.39 is 10.0 Å². The van der Waals surface area contributed by atoms with E-state index in [2.05, 4.69) is 0 Å². The number of thiophene rings is 1. The number of fused-ring (bicyclic) bond motifs is 1. The topological polar surface area (TPSA) is 66.9 Å². The van der Waals surface area contributed by atoms with Gasteiger partial charge in [-0.3, -0.25) is 9.10 Å². The highest BCUT2D eigenvalue weighted by atomic mass is 32.2. The van der Waals surface area contributed by atoms with E-state index in [1.807, 2.05) is 24.3 Å². The molecule has 6 nitrogen and oxygen atoms in total. The smallest absolute Gasteiger partial charge is 0.274 e. The van der Waals surface area contributed by atoms with E-state index in [-0.39, 0.29) is 16.7 Å². The molecule has 0 aliphatic carbocycles. The van der Waals surface area contributed by atoms with Gasteiger partial charge in [0, 0.05) is 12.2 Å². The Morgan fingerprint density at radius 3 is 2.55 bits per heavy atom. The van der Waals surface area contributed by atoms with Crippen molar-refractivity contribution in [2.45, 2.75) is 10.6 Å². The Hall–Kier alpha value is -2.84. The van der Waals surface area contributed by atoms with Gasteiger partial charge in [0.05, 0.1) is 12.8 Å². The summed E-state index contributed by atoms with van der Waals surface area (Å²) in [6.45, 7) is 0.272. The molecule has 4 rings (SSSR count). The largest absolute Gasteiger partial charge is 0.497 e. The number of carbonyl (C=O) groups excluding carboxylic acids is 1. The van der Waals surface area contributed by atoms with E-state index in [0.29, 0.717) is 18.0 Å². The highest BCUT2D eigenvalue weighted by Crippen LogP contribution is 2.31. The van der Waals surface area contributed by atoms with Gasteiger partial charge in [0.15, 0.2) is 0 Å². The van der Waals surface area contributed by atoms with Gasteiger partial charge in [0.25, 0.3) is 10.0 Å². The van der Waals surface area contributed by atoms with Gasteiger partial charge in [0.2, 0.25) is 5.91 Å². The molecule has 0 bridgehead atoms. The van der Waals surface area contributed by atoms with Gasteiger partial charge in [-0.1, -0.05) is 24.3 Å². The van der Waals surface area contributed by atoms with Gasteiger partial charge in [-0.05, 0) is 53.8 Å². The summed E-state index contributed by atoms with van der Waals surface area (Å²) in [7, 11) is -2.32. The first-order valence-corrected chi connectivity index (χ1v) is 11.4. The minimum atomic E-state index is -3.87. The van der Waals surface area contributed by atoms with Crippen LogP contribution in [0.2, 0.25) is 0 Å². The summed E-state index contributed by atoms with van der Waals surface area (Å²) in [6, 6.07) is 17.6. The van der Waals surface area contributed by atoms with Gasteiger partial charge in [-0.15, -0.1) is 11.3 Å². The fraction of sp³-hybridized carbons (Fsp3) is 0.190. The Labute approximate surface area is 174 Å². The summed E-state index contributed by atoms with van der Waals surface area (Å²) in [5, 5.41) is 1.71. The molecule has 0 N–H and O–H groups in total. The Morgan fingerprint density at radius 2 is 1.86 bits per heavy atom. The molecular formula is C21H20N2O4S2. The summed E-state index contributed by atoms with van der Waals surface area (Å²) in [6.07, 6.45) is 0.766. The number of amides is 1. The zero-order valence-corrected chi connectivity index (χ0v) is 17.4. The number of nitrogens with zero attached hydrogens (tertiary/aromatic N) is 2. The molecule has 1 aliphatic heterocycles. The average Bonchev–Trinajstić information content (AvgIpc) is 3.42. The maximum absolute atomic E-state index is 13.3. The third kappa shape index (κ3) is 3.73. The maximum Gasteiger partial charge on any atom is 0.274 e. The van der Waals surface area contributed by atoms with Crippen molar-refractivity contribution in [1.29, 1.82) is 0 Å². The van der Waals surface area contributed by atoms with Crippen molar-refractivity contribution in [2.75, 3.05) is 29.4 Å². The lowest BCUT2D eigenvalue weighted by atomic mass is 10.2. The molecule has 2 aromatic carbocycles. The maximum atomic E-state index is 13.3. The molecular weight excluding hydrogens is 408 g/mol. The Kier molecular flexibility index (Phi) is 5.29. The van der Waals surface area contributed by atoms with Crippen LogP contribution in [0.15, 0.2) is 70.3 Å². The lowest BCUT2D eigenvalue weighted by Gasteiger charge is -2.26. The predicted octanol–water partition coefficient (Wildman–Crippen LogP) is 3.54. The molecule has 0 fully saturated rings. The Bertz CT molecular complexity index is 1110. The molecule has 1 aromatic heterocycles. The quantitative estimate of drug-likeness (QED) is 0.602. The van der Waals surface area contributed by atoms with Crippen LogP contribution < -0.4 is 13.9 Å². The van der Waals surface area contributed by atoms with Gasteiger partial charge in [-0.25, -0.2) is 8.42 Å². The van der Waals surface area contributed by atoms with Crippen LogP contribution in [0.3, 0.4) is 0 Å². The zero-order valence-electron chi connectivity index (χ0n) is 15.8. The number of anilines is 2. The minimum Gasteiger partial charge on any atom is -0.497 e. The number of hydrogen-bond donors (Lipinski definition) is 0. The average molecular weight is 429 g/mol. The second-order valence-electron chi connectivity index (χ2n) is 6.57. The second-order valence-corrected chi connectivity index (χ2v) is 9.60. The third-order valence-corrected chi connectivity index (χ3v) is 8.01. The third-order valence-electron chi connectivity index (χ3n) is 4.87. The van der Waals surface area contributed by atoms with E-state index in [1.165, 1.54) is 4.31 Å². The van der Waals surface area contributed by atoms with Gasteiger partial charge in [0.1, 0.15) is 16.5 Å². The zero-order chi connectivity index (χ0) is 20.4. The van der Waals surface area contributed by atoms with Gasteiger partial charge < -0.3 is 9.64 Å². The molecule has 0 radical (unpaired) electrons. The second kappa shape index (κ2) is 7.88. The molecule has 29 heavy (non-hydrogen) atoms. The van der Waals surface area contributed by atoms with Crippen molar-refractivity contribution >= 4 is 38.6 Å². The van der Waals surface area contributed by atoms with E-state index in [1.54, 1.807) is 53.8 Å². The first-order valence-electron chi connectivity index (χ1n) is 9.09. The van der Waals surface area contributed by atoms with E-state index in [4.69, 9.17) is 4.74 Å². The van der Waals surface area contributed by atoms with Crippen LogP contribution in [0, 0.1) is 0 Å². The standard InChI is InChI=1S/C21H20N2O4S2/c1-27-18-10-8-17(9-11-18)23(29(25,26)21-7-4-14-28-21)15-20(24)22-13-12-16-5-2-3-6-19(16)22/h2-11,14H,12-13,15H2,1H3. The molecule has 1 amide bonds. The van der Waals surface area contributed by atoms with E-state index in [9.17, 15) is 13.2 Å². The number of ether oxygens (including phenoxy) is 1. The lowest BCUT2D eigenvalue weighted by Crippen LogP contribution is -2.42. The number of para-hydroxylation sites is 1. The SMILES string of the molecule is COc1ccc(N(CC(=O)N2CCc3ccccc32)S(=O)(=O)c2cccs2)cc1. The lowest BCUT2D eigenvalue weighted by molar-refractivity contribution is -0.117. The van der Waals surface area contributed by atoms with Crippen LogP contribution in [0.25, 0.3) is 0 Å². The summed E-state index contributed by atoms with van der Waals surface area (Å²) < 4.78 is 33.1. The summed E-state index contributed by atoms with van der Waals surface area (Å²) in [4.78, 5) is 14.8. The molecule has 0 unspecified atom stereocenters. The first-order chi connectivity index (χ1) is 14.0. The van der Waals surface area contributed by atoms with Crippen LogP contribution in [-0.4, -0.2) is 34.5 Å². The number of hydrogen-bond acceptors (Lipinski definition) is 5. The number of benzene rings is 2. The molecule has 2 heterocycles. The van der Waals surface area contributed by atoms with Crippen molar-refractivity contribution < 1.29 is 17.9 Å². The highest BCUT2D eigenvalue weighted by Gasteiger charge is 2.32. The van der Waals surface area contributed by atoms with Crippen molar-refractivity contribution in [3.8, 4) is 5.75 Å². The monoisotopic (exact) mass is 428 g/mol. The van der Waals surface area contributed by atoms with Crippen molar-refractivity contribution in [3.05, 3.63) is 71.6 Å². The molecule has 1 aliphatic rings. The molecule has 0 saturated carbocycles. The van der Waals surface area contributed by atoms with Crippen LogP contribution in [0.4, 0.5) is 11.4 Å². The molecule has 0 atom stereocenters. The Balaban J connectivity index is 1.68. The normalized spacial score (nSPS) is 13.2. The van der Waals surface area contributed by atoms with Crippen LogP contribution in [-0.2, 0) is 21.2 Å². The Morgan fingerprint density at radius 1 is 1.10 bits per heavy atom. The first kappa shape index (κ1) is 19.5. The molecule has 150 valence electrons. The minimum absolute atomic E-state index is 0.197. The van der Waals surface area contributed by atoms with Crippen molar-refractivity contribution in [3.63, 3.8) is 0 Å². The molecule has 0 saturated heterocycles. The number of rotatable bonds is 6. The fourth-order valence-corrected chi connectivity index (χ4v) is 5.91. The van der Waals surface area contributed by atoms with Crippen LogP contribution in [0.5, 0.6) is 5.75 Å². The van der Waals surface area contributed by atoms with Gasteiger partial charge >= 0.3 is 0 Å². The van der Waals surface area contributed by atoms with Crippen molar-refractivity contribution in [1.82, 2.24) is 0 Å². The summed E-state index contributed by atoms with van der Waals surface area (Å²) >= 11 is 1.13. The summed E-state index contributed by atoms with van der Waals surface area (Å²) in [5.74, 6) is 0.355.